The van der Waals surface area contributed by atoms with Crippen LogP contribution in [-0.2, 0) is 9.84 Å². The van der Waals surface area contributed by atoms with E-state index >= 15 is 0 Å². The van der Waals surface area contributed by atoms with E-state index in [1.54, 1.807) is 12.1 Å². The van der Waals surface area contributed by atoms with Gasteiger partial charge in [0.1, 0.15) is 6.10 Å². The maximum absolute atomic E-state index is 13.9. The summed E-state index contributed by atoms with van der Waals surface area (Å²) in [4.78, 5) is 16.5. The van der Waals surface area contributed by atoms with Crippen LogP contribution < -0.4 is 5.32 Å². The Hall–Kier alpha value is -3.03. The van der Waals surface area contributed by atoms with Gasteiger partial charge in [0.05, 0.1) is 26.9 Å². The molecule has 1 amide bonds. The first-order valence-electron chi connectivity index (χ1n) is 13.7. The fourth-order valence-electron chi connectivity index (χ4n) is 6.71. The minimum absolute atomic E-state index is 0.0626. The first-order valence-corrected chi connectivity index (χ1v) is 15.6. The molecule has 3 aromatic rings. The number of nitrogens with one attached hydrogen (secondary N) is 1. The van der Waals surface area contributed by atoms with Crippen LogP contribution in [0.2, 0.25) is 5.02 Å². The highest BCUT2D eigenvalue weighted by molar-refractivity contribution is 7.92. The van der Waals surface area contributed by atoms with E-state index in [4.69, 9.17) is 11.6 Å². The number of halogens is 4. The van der Waals surface area contributed by atoms with Crippen molar-refractivity contribution in [3.63, 3.8) is 0 Å². The van der Waals surface area contributed by atoms with Gasteiger partial charge in [-0.05, 0) is 61.3 Å². The normalized spacial score (nSPS) is 26.6. The van der Waals surface area contributed by atoms with Crippen LogP contribution in [0, 0.1) is 35.2 Å². The topological polar surface area (TPSA) is 137 Å². The molecule has 2 aliphatic carbocycles. The Morgan fingerprint density at radius 3 is 2.44 bits per heavy atom. The molecule has 5 rings (SSSR count). The lowest BCUT2D eigenvalue weighted by molar-refractivity contribution is -0.113. The SMILES string of the molecule is C[C@H]1CC2CC(S(=O)(=O)c3cc(C(=O)Nc4cc(F)c(F)c(F)c4)ccc3Cl)CC1[C@@]2(O)CC(O)C(O)c1cccnc1. The number of amides is 1. The molecule has 1 heterocycles. The number of hydrogen-bond acceptors (Lipinski definition) is 7. The van der Waals surface area contributed by atoms with Crippen molar-refractivity contribution in [3.8, 4) is 0 Å². The molecule has 2 aromatic carbocycles. The van der Waals surface area contributed by atoms with Crippen molar-refractivity contribution >= 4 is 33.0 Å². The third-order valence-electron chi connectivity index (χ3n) is 8.86. The molecule has 0 spiro atoms. The predicted octanol–water partition coefficient (Wildman–Crippen LogP) is 4.83. The average molecular weight is 639 g/mol. The molecular weight excluding hydrogens is 609 g/mol. The molecular formula is C30H30ClF3N2O6S. The minimum atomic E-state index is -4.14. The van der Waals surface area contributed by atoms with Gasteiger partial charge < -0.3 is 20.6 Å². The summed E-state index contributed by atoms with van der Waals surface area (Å²) in [5, 5.41) is 34.4. The summed E-state index contributed by atoms with van der Waals surface area (Å²) in [6.07, 6.45) is 0.841. The van der Waals surface area contributed by atoms with Crippen molar-refractivity contribution in [2.75, 3.05) is 5.32 Å². The van der Waals surface area contributed by atoms with Crippen LogP contribution in [0.25, 0.3) is 0 Å². The van der Waals surface area contributed by atoms with E-state index in [0.717, 1.165) is 6.07 Å². The van der Waals surface area contributed by atoms with Gasteiger partial charge in [0, 0.05) is 47.8 Å². The first-order chi connectivity index (χ1) is 20.2. The van der Waals surface area contributed by atoms with Crippen molar-refractivity contribution in [2.24, 2.45) is 17.8 Å². The summed E-state index contributed by atoms with van der Waals surface area (Å²) in [7, 11) is -4.14. The molecule has 0 saturated heterocycles. The number of rotatable bonds is 8. The van der Waals surface area contributed by atoms with Crippen LogP contribution in [-0.4, -0.2) is 51.6 Å². The van der Waals surface area contributed by atoms with E-state index in [2.05, 4.69) is 10.3 Å². The Morgan fingerprint density at radius 1 is 1.12 bits per heavy atom. The number of nitrogens with zero attached hydrogens (tertiary/aromatic N) is 1. The number of aliphatic hydroxyl groups is 3. The number of fused-ring (bicyclic) bond motifs is 2. The van der Waals surface area contributed by atoms with E-state index in [1.165, 1.54) is 24.5 Å². The smallest absolute Gasteiger partial charge is 0.255 e. The van der Waals surface area contributed by atoms with Crippen LogP contribution in [0.1, 0.15) is 54.6 Å². The van der Waals surface area contributed by atoms with E-state index < -0.39 is 68.1 Å². The van der Waals surface area contributed by atoms with Gasteiger partial charge in [0.25, 0.3) is 5.91 Å². The van der Waals surface area contributed by atoms with Crippen molar-refractivity contribution in [1.82, 2.24) is 4.98 Å². The van der Waals surface area contributed by atoms with Crippen LogP contribution in [0.5, 0.6) is 0 Å². The highest BCUT2D eigenvalue weighted by Gasteiger charge is 2.59. The van der Waals surface area contributed by atoms with Crippen LogP contribution in [0.15, 0.2) is 59.8 Å². The summed E-state index contributed by atoms with van der Waals surface area (Å²) >= 11 is 6.29. The maximum atomic E-state index is 13.9. The molecule has 230 valence electrons. The number of anilines is 1. The Bertz CT molecular complexity index is 1620. The molecule has 43 heavy (non-hydrogen) atoms. The first kappa shape index (κ1) is 31.4. The Morgan fingerprint density at radius 2 is 1.81 bits per heavy atom. The predicted molar refractivity (Wildman–Crippen MR) is 151 cm³/mol. The second-order valence-electron chi connectivity index (χ2n) is 11.5. The number of carbonyl (C=O) groups excluding carboxylic acids is 1. The lowest BCUT2D eigenvalue weighted by Gasteiger charge is -2.44. The van der Waals surface area contributed by atoms with Gasteiger partial charge in [0.15, 0.2) is 27.3 Å². The van der Waals surface area contributed by atoms with Gasteiger partial charge in [-0.15, -0.1) is 0 Å². The Balaban J connectivity index is 1.36. The number of benzene rings is 2. The van der Waals surface area contributed by atoms with Gasteiger partial charge >= 0.3 is 0 Å². The van der Waals surface area contributed by atoms with Gasteiger partial charge in [-0.2, -0.15) is 0 Å². The standard InChI is InChI=1S/C30H30ClF3N2O6S/c1-15-7-18-9-20(12-21(15)30(18,40)13-25(37)28(38)17-3-2-6-35-14-17)43(41,42)26-8-16(4-5-22(26)31)29(39)36-19-10-23(32)27(34)24(33)11-19/h2-6,8,10-11,14-15,18,20-21,25,28,37-38,40H,7,9,12-13H2,1H3,(H,36,39)/t15-,18?,20?,21?,25?,28?,30+/m0/s1. The second-order valence-corrected chi connectivity index (χ2v) is 14.1. The van der Waals surface area contributed by atoms with Crippen molar-refractivity contribution < 1.29 is 41.7 Å². The van der Waals surface area contributed by atoms with E-state index in [9.17, 15) is 41.7 Å². The van der Waals surface area contributed by atoms with Gasteiger partial charge in [0.2, 0.25) is 0 Å². The lowest BCUT2D eigenvalue weighted by atomic mass is 9.70. The summed E-state index contributed by atoms with van der Waals surface area (Å²) in [6.45, 7) is 1.91. The monoisotopic (exact) mass is 638 g/mol. The summed E-state index contributed by atoms with van der Waals surface area (Å²) in [5.41, 5.74) is -1.55. The molecule has 7 atom stereocenters. The fourth-order valence-corrected chi connectivity index (χ4v) is 9.09. The largest absolute Gasteiger partial charge is 0.390 e. The van der Waals surface area contributed by atoms with Gasteiger partial charge in [-0.3, -0.25) is 9.78 Å². The number of pyridine rings is 1. The van der Waals surface area contributed by atoms with Crippen LogP contribution in [0.3, 0.4) is 0 Å². The number of sulfone groups is 1. The highest BCUT2D eigenvalue weighted by atomic mass is 35.5. The lowest BCUT2D eigenvalue weighted by Crippen LogP contribution is -2.51. The molecule has 0 radical (unpaired) electrons. The third-order valence-corrected chi connectivity index (χ3v) is 11.5. The molecule has 5 unspecified atom stereocenters. The Kier molecular flexibility index (Phi) is 8.62. The quantitative estimate of drug-likeness (QED) is 0.260. The maximum Gasteiger partial charge on any atom is 0.255 e. The summed E-state index contributed by atoms with van der Waals surface area (Å²) in [6, 6.07) is 7.96. The molecule has 1 aromatic heterocycles. The van der Waals surface area contributed by atoms with Crippen LogP contribution >= 0.6 is 11.6 Å². The fraction of sp³-hybridized carbons (Fsp3) is 0.400. The molecule has 2 saturated carbocycles. The van der Waals surface area contributed by atoms with Crippen LogP contribution in [0.4, 0.5) is 18.9 Å². The molecule has 2 bridgehead atoms. The zero-order valence-corrected chi connectivity index (χ0v) is 24.5. The van der Waals surface area contributed by atoms with Gasteiger partial charge in [-0.25, -0.2) is 21.6 Å². The van der Waals surface area contributed by atoms with Crippen molar-refractivity contribution in [2.45, 2.75) is 60.6 Å². The highest BCUT2D eigenvalue weighted by Crippen LogP contribution is 2.56. The van der Waals surface area contributed by atoms with Gasteiger partial charge in [-0.1, -0.05) is 24.6 Å². The summed E-state index contributed by atoms with van der Waals surface area (Å²) in [5.74, 6) is -6.67. The van der Waals surface area contributed by atoms with Crippen molar-refractivity contribution in [1.29, 1.82) is 0 Å². The molecule has 4 N–H and O–H groups in total. The zero-order valence-electron chi connectivity index (χ0n) is 22.9. The second kappa shape index (κ2) is 11.8. The van der Waals surface area contributed by atoms with E-state index in [0.29, 0.717) is 24.1 Å². The average Bonchev–Trinajstić information content (AvgIpc) is 3.08. The minimum Gasteiger partial charge on any atom is -0.390 e. The number of carbonyl (C=O) groups is 1. The van der Waals surface area contributed by atoms with E-state index in [1.807, 2.05) is 6.92 Å². The molecule has 0 aliphatic heterocycles. The number of aliphatic hydroxyl groups excluding tert-OH is 2. The zero-order chi connectivity index (χ0) is 31.3. The Labute approximate surface area is 251 Å². The molecule has 2 aliphatic rings. The number of aromatic nitrogens is 1. The van der Waals surface area contributed by atoms with Crippen molar-refractivity contribution in [3.05, 3.63) is 88.5 Å². The molecule has 8 nitrogen and oxygen atoms in total. The molecule has 13 heteroatoms. The van der Waals surface area contributed by atoms with E-state index in [-0.39, 0.29) is 46.3 Å². The summed E-state index contributed by atoms with van der Waals surface area (Å²) < 4.78 is 68.3. The molecule has 2 fully saturated rings. The number of hydrogen-bond donors (Lipinski definition) is 4. The third kappa shape index (κ3) is 5.91.